The molecule has 0 atom stereocenters. The fraction of sp³-hybridized carbons (Fsp3) is 0.644. The Morgan fingerprint density at radius 2 is 0.688 bits per heavy atom. The molecule has 2 nitrogen and oxygen atoms in total. The maximum atomic E-state index is 6.10. The van der Waals surface area contributed by atoms with E-state index in [1.165, 1.54) is 77.0 Å². The molecule has 0 bridgehead atoms. The summed E-state index contributed by atoms with van der Waals surface area (Å²) in [4.78, 5) is 0. The minimum atomic E-state index is -0.106. The Bertz CT molecular complexity index is 863. The first kappa shape index (κ1) is 46.3. The van der Waals surface area contributed by atoms with Crippen molar-refractivity contribution in [3.05, 3.63) is 97.2 Å². The molecule has 0 rings (SSSR count). The van der Waals surface area contributed by atoms with Crippen LogP contribution in [-0.2, 0) is 4.52 Å². The van der Waals surface area contributed by atoms with Gasteiger partial charge in [0.25, 0.3) is 0 Å². The third-order valence-corrected chi connectivity index (χ3v) is 8.83. The second-order valence-corrected chi connectivity index (χ2v) is 14.6. The van der Waals surface area contributed by atoms with Crippen LogP contribution >= 0.6 is 9.47 Å². The molecule has 0 aliphatic rings. The predicted molar refractivity (Wildman–Crippen MR) is 221 cm³/mol. The lowest BCUT2D eigenvalue weighted by Crippen LogP contribution is -2.49. The molecule has 0 aromatic carbocycles. The van der Waals surface area contributed by atoms with Gasteiger partial charge in [-0.3, -0.25) is 0 Å². The number of allylic oxidation sites excluding steroid dienone is 16. The third kappa shape index (κ3) is 34.1. The maximum Gasteiger partial charge on any atom is 0.105 e. The summed E-state index contributed by atoms with van der Waals surface area (Å²) in [5.41, 5.74) is -0.106. The van der Waals surface area contributed by atoms with Crippen molar-refractivity contribution < 1.29 is 9.01 Å². The summed E-state index contributed by atoms with van der Waals surface area (Å²) in [5, 5.41) is 0. The molecule has 0 amide bonds. The minimum absolute atomic E-state index is 0.106. The van der Waals surface area contributed by atoms with E-state index in [0.717, 1.165) is 75.2 Å². The van der Waals surface area contributed by atoms with Gasteiger partial charge >= 0.3 is 0 Å². The van der Waals surface area contributed by atoms with E-state index in [4.69, 9.17) is 4.52 Å². The Hall–Kier alpha value is -1.73. The zero-order valence-corrected chi connectivity index (χ0v) is 33.4. The minimum Gasteiger partial charge on any atom is -0.552 e. The molecule has 0 radical (unpaired) electrons. The van der Waals surface area contributed by atoms with Gasteiger partial charge in [0, 0.05) is 0 Å². The summed E-state index contributed by atoms with van der Waals surface area (Å²) in [7, 11) is 10.3. The number of rotatable bonds is 33. The number of quaternary nitrogens is 1. The molecular weight excluding hydrogens is 601 g/mol. The van der Waals surface area contributed by atoms with Crippen LogP contribution in [0.15, 0.2) is 97.2 Å². The highest BCUT2D eigenvalue weighted by molar-refractivity contribution is 7.09. The van der Waals surface area contributed by atoms with E-state index >= 15 is 0 Å². The molecule has 48 heavy (non-hydrogen) atoms. The van der Waals surface area contributed by atoms with Crippen LogP contribution in [0.3, 0.4) is 0 Å². The van der Waals surface area contributed by atoms with Crippen molar-refractivity contribution in [2.45, 2.75) is 161 Å². The molecule has 0 aliphatic carbocycles. The zero-order chi connectivity index (χ0) is 35.3. The molecule has 0 aromatic rings. The molecule has 0 saturated carbocycles. The molecule has 0 heterocycles. The smallest absolute Gasteiger partial charge is 0.105 e. The molecule has 0 spiro atoms. The Morgan fingerprint density at radius 1 is 0.417 bits per heavy atom. The lowest BCUT2D eigenvalue weighted by atomic mass is 9.89. The first-order valence-electron chi connectivity index (χ1n) is 19.7. The summed E-state index contributed by atoms with van der Waals surface area (Å²) in [6.07, 6.45) is 62.7. The van der Waals surface area contributed by atoms with E-state index in [0.29, 0.717) is 0 Å². The van der Waals surface area contributed by atoms with E-state index in [1.54, 1.807) is 0 Å². The van der Waals surface area contributed by atoms with Crippen molar-refractivity contribution in [3.8, 4) is 0 Å². The molecular formula is C45H78NOP. The van der Waals surface area contributed by atoms with Crippen molar-refractivity contribution in [1.82, 2.24) is 0 Å². The average Bonchev–Trinajstić information content (AvgIpc) is 3.06. The Labute approximate surface area is 303 Å². The van der Waals surface area contributed by atoms with Gasteiger partial charge in [-0.05, 0) is 103 Å². The standard InChI is InChI=1S/C45H78NOP/c1-6-8-10-12-14-16-18-20-22-24-26-28-30-32-34-36-38-40-42-45(47-48,44-46(3,4)5)43-41-39-37-35-33-31-29-27-25-23-21-19-17-15-13-11-9-7-2/h14-17,20-23,26-29,32-35,48H,6-13,18-19,24-25,30-31,36-44H2,1-5H3. The third-order valence-electron chi connectivity index (χ3n) is 8.40. The molecule has 0 aromatic heterocycles. The largest absolute Gasteiger partial charge is 0.552 e. The topological polar surface area (TPSA) is 9.23 Å². The van der Waals surface area contributed by atoms with E-state index < -0.39 is 0 Å². The van der Waals surface area contributed by atoms with Gasteiger partial charge in [-0.25, -0.2) is 0 Å². The molecule has 3 heteroatoms. The molecule has 274 valence electrons. The van der Waals surface area contributed by atoms with Crippen LogP contribution in [0, 0.1) is 0 Å². The van der Waals surface area contributed by atoms with Crippen molar-refractivity contribution in [2.24, 2.45) is 0 Å². The van der Waals surface area contributed by atoms with Gasteiger partial charge in [0.2, 0.25) is 0 Å². The van der Waals surface area contributed by atoms with E-state index in [-0.39, 0.29) is 5.60 Å². The van der Waals surface area contributed by atoms with Crippen LogP contribution in [0.5, 0.6) is 0 Å². The lowest BCUT2D eigenvalue weighted by molar-refractivity contribution is -0.876. The predicted octanol–water partition coefficient (Wildman–Crippen LogP) is 14.6. The van der Waals surface area contributed by atoms with Crippen molar-refractivity contribution in [2.75, 3.05) is 27.7 Å². The average molecular weight is 680 g/mol. The van der Waals surface area contributed by atoms with Gasteiger partial charge in [-0.1, -0.05) is 150 Å². The van der Waals surface area contributed by atoms with Crippen molar-refractivity contribution in [3.63, 3.8) is 0 Å². The SMILES string of the molecule is CCCCCC=CCC=CCC=CCC=CCCCCC(CCCCC=CCC=CCC=CCC=CCCCCC)(C[N+](C)(C)C)O[PH-]. The molecule has 0 saturated heterocycles. The quantitative estimate of drug-likeness (QED) is 0.0290. The summed E-state index contributed by atoms with van der Waals surface area (Å²) < 4.78 is 7.01. The van der Waals surface area contributed by atoms with Gasteiger partial charge < -0.3 is 18.5 Å². The highest BCUT2D eigenvalue weighted by Crippen LogP contribution is 2.31. The monoisotopic (exact) mass is 680 g/mol. The number of nitrogens with zero attached hydrogens (tertiary/aromatic N) is 1. The van der Waals surface area contributed by atoms with Gasteiger partial charge in [0.15, 0.2) is 0 Å². The summed E-state index contributed by atoms with van der Waals surface area (Å²) in [5.74, 6) is 0. The van der Waals surface area contributed by atoms with Gasteiger partial charge in [-0.15, -0.1) is 0 Å². The molecule has 0 N–H and O–H groups in total. The Morgan fingerprint density at radius 3 is 0.938 bits per heavy atom. The highest BCUT2D eigenvalue weighted by Gasteiger charge is 2.32. The summed E-state index contributed by atoms with van der Waals surface area (Å²) in [6.45, 7) is 5.53. The molecule has 0 aliphatic heterocycles. The van der Waals surface area contributed by atoms with Gasteiger partial charge in [0.05, 0.1) is 26.7 Å². The fourth-order valence-corrected chi connectivity index (χ4v) is 6.09. The van der Waals surface area contributed by atoms with E-state index in [9.17, 15) is 0 Å². The van der Waals surface area contributed by atoms with Crippen LogP contribution in [0.2, 0.25) is 0 Å². The number of hydrogen-bond donors (Lipinski definition) is 0. The first-order valence-corrected chi connectivity index (χ1v) is 20.1. The normalized spacial score (nSPS) is 14.7. The summed E-state index contributed by atoms with van der Waals surface area (Å²) >= 11 is 0. The Kier molecular flexibility index (Phi) is 33.8. The second-order valence-electron chi connectivity index (χ2n) is 14.4. The molecule has 0 unspecified atom stereocenters. The maximum absolute atomic E-state index is 6.10. The van der Waals surface area contributed by atoms with Gasteiger partial charge in [-0.2, -0.15) is 0 Å². The van der Waals surface area contributed by atoms with E-state index in [1.807, 2.05) is 0 Å². The van der Waals surface area contributed by atoms with Gasteiger partial charge in [0.1, 0.15) is 6.54 Å². The van der Waals surface area contributed by atoms with Crippen molar-refractivity contribution >= 4 is 9.47 Å². The summed E-state index contributed by atoms with van der Waals surface area (Å²) in [6, 6.07) is 0. The highest BCUT2D eigenvalue weighted by atomic mass is 31.0. The number of likely N-dealkylation sites (N-methyl/N-ethyl adjacent to an activating group) is 1. The van der Waals surface area contributed by atoms with Crippen LogP contribution < -0.4 is 0 Å². The number of hydrogen-bond acceptors (Lipinski definition) is 1. The lowest BCUT2D eigenvalue weighted by Gasteiger charge is -2.42. The zero-order valence-electron chi connectivity index (χ0n) is 32.4. The van der Waals surface area contributed by atoms with Crippen molar-refractivity contribution in [1.29, 1.82) is 0 Å². The fourth-order valence-electron chi connectivity index (χ4n) is 5.82. The molecule has 0 fully saturated rings. The second kappa shape index (κ2) is 35.1. The van der Waals surface area contributed by atoms with Crippen LogP contribution in [-0.4, -0.2) is 37.8 Å². The Balaban J connectivity index is 4.19. The van der Waals surface area contributed by atoms with E-state index in [2.05, 4.69) is 142 Å². The first-order chi connectivity index (χ1) is 23.4. The number of unbranched alkanes of at least 4 members (excludes halogenated alkanes) is 10. The van der Waals surface area contributed by atoms with Crippen LogP contribution in [0.4, 0.5) is 0 Å². The van der Waals surface area contributed by atoms with Crippen LogP contribution in [0.1, 0.15) is 155 Å². The van der Waals surface area contributed by atoms with Crippen LogP contribution in [0.25, 0.3) is 0 Å².